The van der Waals surface area contributed by atoms with Crippen molar-refractivity contribution >= 4 is 34.4 Å². The number of ether oxygens (including phenoxy) is 1. The van der Waals surface area contributed by atoms with Crippen LogP contribution in [0.1, 0.15) is 34.6 Å². The minimum atomic E-state index is -0.385. The van der Waals surface area contributed by atoms with Crippen molar-refractivity contribution in [1.82, 2.24) is 10.9 Å². The topological polar surface area (TPSA) is 67.4 Å². The first-order valence-corrected chi connectivity index (χ1v) is 8.63. The van der Waals surface area contributed by atoms with Gasteiger partial charge in [-0.25, -0.2) is 0 Å². The molecular weight excluding hydrogens is 419 g/mol. The molecule has 2 aromatic carbocycles. The highest BCUT2D eigenvalue weighted by Crippen LogP contribution is 2.13. The predicted octanol–water partition coefficient (Wildman–Crippen LogP) is 3.40. The Morgan fingerprint density at radius 3 is 2.25 bits per heavy atom. The SMILES string of the molecule is CC(C)COc1ccc(C(=O)NNC(=O)c2ccccc2I)cc1. The van der Waals surface area contributed by atoms with Crippen molar-refractivity contribution in [3.63, 3.8) is 0 Å². The molecule has 0 aliphatic heterocycles. The molecule has 5 nitrogen and oxygen atoms in total. The zero-order chi connectivity index (χ0) is 17.5. The van der Waals surface area contributed by atoms with E-state index in [1.165, 1.54) is 0 Å². The molecule has 0 radical (unpaired) electrons. The van der Waals surface area contributed by atoms with Gasteiger partial charge in [0.1, 0.15) is 5.75 Å². The Bertz CT molecular complexity index is 714. The number of carbonyl (C=O) groups is 2. The van der Waals surface area contributed by atoms with Crippen molar-refractivity contribution < 1.29 is 14.3 Å². The van der Waals surface area contributed by atoms with Crippen LogP contribution in [0.25, 0.3) is 0 Å². The third-order valence-corrected chi connectivity index (χ3v) is 4.05. The van der Waals surface area contributed by atoms with Gasteiger partial charge in [-0.2, -0.15) is 0 Å². The van der Waals surface area contributed by atoms with Crippen LogP contribution in [0.3, 0.4) is 0 Å². The summed E-state index contributed by atoms with van der Waals surface area (Å²) in [5, 5.41) is 0. The summed E-state index contributed by atoms with van der Waals surface area (Å²) in [4.78, 5) is 24.1. The zero-order valence-corrected chi connectivity index (χ0v) is 15.7. The number of hydrogen-bond acceptors (Lipinski definition) is 3. The molecule has 0 saturated heterocycles. The zero-order valence-electron chi connectivity index (χ0n) is 13.5. The summed E-state index contributed by atoms with van der Waals surface area (Å²) in [7, 11) is 0. The van der Waals surface area contributed by atoms with Crippen LogP contribution in [0.15, 0.2) is 48.5 Å². The Kier molecular flexibility index (Phi) is 6.60. The molecule has 0 bridgehead atoms. The smallest absolute Gasteiger partial charge is 0.270 e. The quantitative estimate of drug-likeness (QED) is 0.556. The first-order valence-electron chi connectivity index (χ1n) is 7.55. The van der Waals surface area contributed by atoms with Crippen LogP contribution < -0.4 is 15.6 Å². The van der Waals surface area contributed by atoms with Crippen molar-refractivity contribution in [2.75, 3.05) is 6.61 Å². The number of halogens is 1. The molecule has 24 heavy (non-hydrogen) atoms. The van der Waals surface area contributed by atoms with Gasteiger partial charge in [-0.05, 0) is 64.9 Å². The number of hydrazine groups is 1. The van der Waals surface area contributed by atoms with E-state index in [4.69, 9.17) is 4.74 Å². The molecule has 0 saturated carbocycles. The van der Waals surface area contributed by atoms with Crippen LogP contribution in [-0.4, -0.2) is 18.4 Å². The average molecular weight is 438 g/mol. The molecule has 0 heterocycles. The molecule has 2 amide bonds. The van der Waals surface area contributed by atoms with Crippen LogP contribution in [0.4, 0.5) is 0 Å². The van der Waals surface area contributed by atoms with E-state index in [2.05, 4.69) is 47.3 Å². The largest absolute Gasteiger partial charge is 0.493 e. The lowest BCUT2D eigenvalue weighted by molar-refractivity contribution is 0.0846. The van der Waals surface area contributed by atoms with E-state index < -0.39 is 0 Å². The number of amides is 2. The highest BCUT2D eigenvalue weighted by molar-refractivity contribution is 14.1. The number of hydrogen-bond donors (Lipinski definition) is 2. The summed E-state index contributed by atoms with van der Waals surface area (Å²) in [6, 6.07) is 13.9. The number of carbonyl (C=O) groups excluding carboxylic acids is 2. The maximum Gasteiger partial charge on any atom is 0.270 e. The highest BCUT2D eigenvalue weighted by atomic mass is 127. The number of rotatable bonds is 5. The molecule has 0 fully saturated rings. The van der Waals surface area contributed by atoms with E-state index in [0.717, 1.165) is 3.57 Å². The van der Waals surface area contributed by atoms with Gasteiger partial charge >= 0.3 is 0 Å². The lowest BCUT2D eigenvalue weighted by Gasteiger charge is -2.10. The Balaban J connectivity index is 1.90. The van der Waals surface area contributed by atoms with Gasteiger partial charge in [0.2, 0.25) is 0 Å². The fourth-order valence-corrected chi connectivity index (χ4v) is 2.50. The van der Waals surface area contributed by atoms with Gasteiger partial charge in [-0.3, -0.25) is 20.4 Å². The first kappa shape index (κ1) is 18.3. The number of nitrogens with one attached hydrogen (secondary N) is 2. The molecule has 0 aromatic heterocycles. The molecule has 6 heteroatoms. The second-order valence-corrected chi connectivity index (χ2v) is 6.78. The van der Waals surface area contributed by atoms with Crippen LogP contribution in [-0.2, 0) is 0 Å². The van der Waals surface area contributed by atoms with E-state index in [-0.39, 0.29) is 11.8 Å². The van der Waals surface area contributed by atoms with E-state index in [1.807, 2.05) is 12.1 Å². The second-order valence-electron chi connectivity index (χ2n) is 5.62. The van der Waals surface area contributed by atoms with Gasteiger partial charge < -0.3 is 4.74 Å². The third-order valence-electron chi connectivity index (χ3n) is 3.11. The Morgan fingerprint density at radius 2 is 1.62 bits per heavy atom. The monoisotopic (exact) mass is 438 g/mol. The molecule has 0 spiro atoms. The van der Waals surface area contributed by atoms with Gasteiger partial charge in [-0.15, -0.1) is 0 Å². The molecule has 0 unspecified atom stereocenters. The lowest BCUT2D eigenvalue weighted by atomic mass is 10.2. The average Bonchev–Trinajstić information content (AvgIpc) is 2.58. The molecular formula is C18H19IN2O3. The van der Waals surface area contributed by atoms with E-state index in [0.29, 0.717) is 29.4 Å². The Morgan fingerprint density at radius 1 is 1.00 bits per heavy atom. The van der Waals surface area contributed by atoms with Gasteiger partial charge in [0.05, 0.1) is 12.2 Å². The summed E-state index contributed by atoms with van der Waals surface area (Å²) in [5.74, 6) is 0.405. The second kappa shape index (κ2) is 8.68. The molecule has 2 aromatic rings. The Labute approximate surface area is 154 Å². The van der Waals surface area contributed by atoms with E-state index in [1.54, 1.807) is 36.4 Å². The third kappa shape index (κ3) is 5.23. The summed E-state index contributed by atoms with van der Waals surface area (Å²) in [6.45, 7) is 4.76. The fraction of sp³-hybridized carbons (Fsp3) is 0.222. The summed E-state index contributed by atoms with van der Waals surface area (Å²) < 4.78 is 6.38. The van der Waals surface area contributed by atoms with Crippen LogP contribution >= 0.6 is 22.6 Å². The Hall–Kier alpha value is -2.09. The van der Waals surface area contributed by atoms with Crippen LogP contribution in [0.2, 0.25) is 0 Å². The van der Waals surface area contributed by atoms with Crippen molar-refractivity contribution in [2.24, 2.45) is 5.92 Å². The summed E-state index contributed by atoms with van der Waals surface area (Å²) in [6.07, 6.45) is 0. The van der Waals surface area contributed by atoms with E-state index in [9.17, 15) is 9.59 Å². The molecule has 0 atom stereocenters. The van der Waals surface area contributed by atoms with Gasteiger partial charge in [0.15, 0.2) is 0 Å². The maximum absolute atomic E-state index is 12.1. The minimum Gasteiger partial charge on any atom is -0.493 e. The fourth-order valence-electron chi connectivity index (χ4n) is 1.86. The van der Waals surface area contributed by atoms with Crippen molar-refractivity contribution in [3.05, 3.63) is 63.2 Å². The van der Waals surface area contributed by atoms with Crippen molar-refractivity contribution in [2.45, 2.75) is 13.8 Å². The molecule has 2 N–H and O–H groups in total. The maximum atomic E-state index is 12.1. The molecule has 2 rings (SSSR count). The molecule has 0 aliphatic carbocycles. The van der Waals surface area contributed by atoms with E-state index >= 15 is 0 Å². The van der Waals surface area contributed by atoms with Crippen molar-refractivity contribution in [1.29, 1.82) is 0 Å². The standard InChI is InChI=1S/C18H19IN2O3/c1-12(2)11-24-14-9-7-13(8-10-14)17(22)20-21-18(23)15-5-3-4-6-16(15)19/h3-10,12H,11H2,1-2H3,(H,20,22)(H,21,23). The van der Waals surface area contributed by atoms with Gasteiger partial charge in [-0.1, -0.05) is 26.0 Å². The molecule has 126 valence electrons. The summed E-state index contributed by atoms with van der Waals surface area (Å²) >= 11 is 2.07. The van der Waals surface area contributed by atoms with Gasteiger partial charge in [0, 0.05) is 9.13 Å². The summed E-state index contributed by atoms with van der Waals surface area (Å²) in [5.41, 5.74) is 5.78. The van der Waals surface area contributed by atoms with Crippen molar-refractivity contribution in [3.8, 4) is 5.75 Å². The van der Waals surface area contributed by atoms with Crippen LogP contribution in [0.5, 0.6) is 5.75 Å². The minimum absolute atomic E-state index is 0.356. The normalized spacial score (nSPS) is 10.3. The van der Waals surface area contributed by atoms with Gasteiger partial charge in [0.25, 0.3) is 11.8 Å². The highest BCUT2D eigenvalue weighted by Gasteiger charge is 2.11. The number of benzene rings is 2. The molecule has 0 aliphatic rings. The lowest BCUT2D eigenvalue weighted by Crippen LogP contribution is -2.41. The first-order chi connectivity index (χ1) is 11.5. The predicted molar refractivity (Wildman–Crippen MR) is 101 cm³/mol. The van der Waals surface area contributed by atoms with Crippen LogP contribution in [0, 0.1) is 9.49 Å².